The summed E-state index contributed by atoms with van der Waals surface area (Å²) in [5.41, 5.74) is 1.36. The van der Waals surface area contributed by atoms with Gasteiger partial charge in [0.15, 0.2) is 0 Å². The third kappa shape index (κ3) is 6.51. The summed E-state index contributed by atoms with van der Waals surface area (Å²) in [5, 5.41) is 2.40. The number of hydrogen-bond donors (Lipinski definition) is 1. The molecule has 0 aromatic heterocycles. The van der Waals surface area contributed by atoms with E-state index in [0.717, 1.165) is 11.0 Å². The van der Waals surface area contributed by atoms with Gasteiger partial charge in [-0.05, 0) is 24.8 Å². The van der Waals surface area contributed by atoms with E-state index in [1.54, 1.807) is 6.29 Å². The first kappa shape index (κ1) is 21.9. The second kappa shape index (κ2) is 11.5. The topological polar surface area (TPSA) is 66.5 Å². The van der Waals surface area contributed by atoms with E-state index in [-0.39, 0.29) is 69.5 Å². The fourth-order valence-electron chi connectivity index (χ4n) is 1.92. The smallest absolute Gasteiger partial charge is 0.494 e. The molecule has 0 radical (unpaired) electrons. The van der Waals surface area contributed by atoms with Gasteiger partial charge in [0.2, 0.25) is 5.91 Å². The average molecular weight is 341 g/mol. The summed E-state index contributed by atoms with van der Waals surface area (Å²) >= 11 is 0. The van der Waals surface area contributed by atoms with Gasteiger partial charge in [-0.2, -0.15) is 6.08 Å². The fraction of sp³-hybridized carbons (Fsp3) is 0.250. The maximum atomic E-state index is 13.3. The molecule has 1 amide bonds. The summed E-state index contributed by atoms with van der Waals surface area (Å²) in [6.45, 7) is 1.59. The van der Waals surface area contributed by atoms with Crippen LogP contribution < -0.4 is 56.7 Å². The molecule has 0 aliphatic heterocycles. The number of rotatable bonds is 7. The van der Waals surface area contributed by atoms with E-state index >= 15 is 0 Å². The maximum absolute atomic E-state index is 13.3. The molecule has 0 bridgehead atoms. The molecule has 1 aromatic carbocycles. The molecule has 0 fully saturated rings. The summed E-state index contributed by atoms with van der Waals surface area (Å²) in [5.74, 6) is 0.653. The van der Waals surface area contributed by atoms with Crippen LogP contribution in [-0.4, -0.2) is 36.6 Å². The van der Waals surface area contributed by atoms with Gasteiger partial charge in [-0.25, -0.2) is 4.39 Å². The first-order valence-electron chi connectivity index (χ1n) is 6.54. The molecule has 23 heavy (non-hydrogen) atoms. The monoisotopic (exact) mass is 341 g/mol. The number of likely N-dealkylation sites (N-methyl/N-ethyl adjacent to an activating group) is 1. The number of benzene rings is 1. The van der Waals surface area contributed by atoms with E-state index in [1.807, 2.05) is 6.92 Å². The first-order chi connectivity index (χ1) is 10.6. The minimum Gasteiger partial charge on any atom is -0.494 e. The molecule has 1 aromatic rings. The quantitative estimate of drug-likeness (QED) is 0.206. The van der Waals surface area contributed by atoms with E-state index in [0.29, 0.717) is 17.5 Å². The Bertz CT molecular complexity index is 640. The number of nitrogens with one attached hydrogen (secondary N) is 1. The van der Waals surface area contributed by atoms with Gasteiger partial charge in [0.25, 0.3) is 0 Å². The third-order valence-corrected chi connectivity index (χ3v) is 2.97. The normalized spacial score (nSPS) is 10.1. The number of hydrogen-bond acceptors (Lipinski definition) is 4. The average Bonchev–Trinajstić information content (AvgIpc) is 2.52. The first-order valence-corrected chi connectivity index (χ1v) is 6.54. The summed E-state index contributed by atoms with van der Waals surface area (Å²) in [4.78, 5) is 34.1. The summed E-state index contributed by atoms with van der Waals surface area (Å²) in [7, 11) is 1.44. The van der Waals surface area contributed by atoms with Gasteiger partial charge in [-0.15, -0.1) is 5.70 Å². The predicted molar refractivity (Wildman–Crippen MR) is 79.2 cm³/mol. The number of allylic oxidation sites excluding steroid dienone is 1. The zero-order valence-corrected chi connectivity index (χ0v) is 16.4. The zero-order chi connectivity index (χ0) is 16.5. The van der Waals surface area contributed by atoms with Gasteiger partial charge in [0.1, 0.15) is 5.82 Å². The summed E-state index contributed by atoms with van der Waals surface area (Å²) in [6.07, 6.45) is 5.41. The van der Waals surface area contributed by atoms with Gasteiger partial charge >= 0.3 is 51.4 Å². The molecule has 1 N–H and O–H groups in total. The number of nitrogens with zero attached hydrogens (tertiary/aromatic N) is 1. The Morgan fingerprint density at radius 1 is 1.48 bits per heavy atom. The van der Waals surface area contributed by atoms with E-state index in [2.05, 4.69) is 11.5 Å². The zero-order valence-electron chi connectivity index (χ0n) is 13.3. The molecular weight excluding hydrogens is 326 g/mol. The van der Waals surface area contributed by atoms with Gasteiger partial charge in [0.05, 0.1) is 6.54 Å². The van der Waals surface area contributed by atoms with Crippen LogP contribution in [0.4, 0.5) is 4.39 Å². The molecule has 116 valence electrons. The molecule has 0 spiro atoms. The molecule has 0 saturated heterocycles. The van der Waals surface area contributed by atoms with Crippen LogP contribution in [0.2, 0.25) is 0 Å². The van der Waals surface area contributed by atoms with Crippen molar-refractivity contribution < 1.29 is 70.2 Å². The fourth-order valence-corrected chi connectivity index (χ4v) is 1.92. The summed E-state index contributed by atoms with van der Waals surface area (Å²) in [6, 6.07) is 4.03. The van der Waals surface area contributed by atoms with Crippen LogP contribution in [0.3, 0.4) is 0 Å². The Kier molecular flexibility index (Phi) is 10.9. The molecule has 0 unspecified atom stereocenters. The van der Waals surface area contributed by atoms with Crippen LogP contribution in [0.15, 0.2) is 24.3 Å². The van der Waals surface area contributed by atoms with Crippen LogP contribution >= 0.6 is 0 Å². The van der Waals surface area contributed by atoms with Crippen molar-refractivity contribution in [1.82, 2.24) is 10.2 Å². The molecule has 0 heterocycles. The largest absolute Gasteiger partial charge is 1.00 e. The van der Waals surface area contributed by atoms with E-state index < -0.39 is 5.82 Å². The number of amides is 1. The summed E-state index contributed by atoms with van der Waals surface area (Å²) < 4.78 is 13.3. The van der Waals surface area contributed by atoms with Crippen LogP contribution in [0.1, 0.15) is 18.1 Å². The Labute approximate surface area is 177 Å². The molecule has 0 aliphatic carbocycles. The third-order valence-electron chi connectivity index (χ3n) is 2.97. The predicted octanol–water partition coefficient (Wildman–Crippen LogP) is -1.96. The van der Waals surface area contributed by atoms with Crippen molar-refractivity contribution >= 4 is 23.8 Å². The van der Waals surface area contributed by atoms with E-state index in [1.165, 1.54) is 31.2 Å². The van der Waals surface area contributed by atoms with Gasteiger partial charge in [-0.3, -0.25) is 9.59 Å². The van der Waals surface area contributed by atoms with Crippen LogP contribution in [0, 0.1) is 12.0 Å². The Balaban J connectivity index is 0.00000484. The Hall–Kier alpha value is -1.08. The number of carbonyl (C=O) groups is 1. The van der Waals surface area contributed by atoms with E-state index in [9.17, 15) is 18.8 Å². The molecular formula is C16H15FKN2O3-. The number of carbonyl (C=O) groups excluding carboxylic acids is 3. The Morgan fingerprint density at radius 2 is 2.17 bits per heavy atom. The van der Waals surface area contributed by atoms with Gasteiger partial charge < -0.3 is 15.0 Å². The van der Waals surface area contributed by atoms with Crippen molar-refractivity contribution in [1.29, 1.82) is 0 Å². The second-order valence-corrected chi connectivity index (χ2v) is 4.28. The van der Waals surface area contributed by atoms with Crippen molar-refractivity contribution in [2.45, 2.75) is 13.3 Å². The second-order valence-electron chi connectivity index (χ2n) is 4.28. The van der Waals surface area contributed by atoms with Crippen molar-refractivity contribution in [3.05, 3.63) is 47.4 Å². The van der Waals surface area contributed by atoms with Crippen LogP contribution in [0.25, 0.3) is 5.70 Å². The SMILES string of the molecule is CCc1cc(F)ccc1/C(=C/[C-]=O)N([C-]=C=O)CC(=O)NC.[K+]. The van der Waals surface area contributed by atoms with E-state index in [4.69, 9.17) is 0 Å². The molecule has 7 heteroatoms. The molecule has 1 rings (SSSR count). The molecule has 0 aliphatic rings. The van der Waals surface area contributed by atoms with Crippen molar-refractivity contribution in [3.8, 4) is 0 Å². The van der Waals surface area contributed by atoms with Crippen molar-refractivity contribution in [2.24, 2.45) is 0 Å². The standard InChI is InChI=1S/C16H15FN2O3.K/c1-3-12-10-13(17)4-5-14(12)15(6-8-20)19(7-9-21)11-16(22)18-2;/h4-6,10H,3,11H2,1-2H3,(H,18,22);/q-2;+1/b15-6-;. The van der Waals surface area contributed by atoms with Crippen molar-refractivity contribution in [3.63, 3.8) is 0 Å². The van der Waals surface area contributed by atoms with Gasteiger partial charge in [0, 0.05) is 13.0 Å². The van der Waals surface area contributed by atoms with Crippen LogP contribution in [-0.2, 0) is 20.8 Å². The van der Waals surface area contributed by atoms with Crippen molar-refractivity contribution in [2.75, 3.05) is 13.6 Å². The van der Waals surface area contributed by atoms with Gasteiger partial charge in [-0.1, -0.05) is 30.3 Å². The molecule has 0 saturated carbocycles. The Morgan fingerprint density at radius 3 is 2.70 bits per heavy atom. The number of halogens is 1. The minimum atomic E-state index is -0.414. The number of aryl methyl sites for hydroxylation is 1. The molecule has 0 atom stereocenters. The molecule has 5 nitrogen and oxygen atoms in total. The van der Waals surface area contributed by atoms with Crippen LogP contribution in [0.5, 0.6) is 0 Å². The minimum absolute atomic E-state index is 0. The maximum Gasteiger partial charge on any atom is 1.00 e.